The van der Waals surface area contributed by atoms with Crippen molar-refractivity contribution in [2.75, 3.05) is 30.8 Å². The molecular formula is C22H25ClN4O. The summed E-state index contributed by atoms with van der Waals surface area (Å²) in [6.45, 7) is 3.49. The molecule has 0 amide bonds. The van der Waals surface area contributed by atoms with E-state index >= 15 is 0 Å². The molecule has 28 heavy (non-hydrogen) atoms. The lowest BCUT2D eigenvalue weighted by Crippen LogP contribution is -2.12. The lowest BCUT2D eigenvalue weighted by atomic mass is 10.1. The number of aryl methyl sites for hydroxylation is 1. The summed E-state index contributed by atoms with van der Waals surface area (Å²) in [7, 11) is 1.69. The lowest BCUT2D eigenvalue weighted by Gasteiger charge is -2.11. The van der Waals surface area contributed by atoms with Gasteiger partial charge in [-0.2, -0.15) is 4.98 Å². The number of anilines is 2. The molecule has 0 aliphatic carbocycles. The van der Waals surface area contributed by atoms with Crippen LogP contribution in [0.25, 0.3) is 0 Å². The highest BCUT2D eigenvalue weighted by Gasteiger charge is 2.04. The highest BCUT2D eigenvalue weighted by Crippen LogP contribution is 2.18. The van der Waals surface area contributed by atoms with Gasteiger partial charge in [-0.1, -0.05) is 41.9 Å². The van der Waals surface area contributed by atoms with Gasteiger partial charge in [-0.3, -0.25) is 0 Å². The van der Waals surface area contributed by atoms with Gasteiger partial charge in [0.25, 0.3) is 0 Å². The minimum Gasteiger partial charge on any atom is -0.496 e. The second-order valence-electron chi connectivity index (χ2n) is 6.51. The number of rotatable bonds is 9. The van der Waals surface area contributed by atoms with E-state index < -0.39 is 0 Å². The van der Waals surface area contributed by atoms with E-state index in [1.165, 1.54) is 5.56 Å². The van der Waals surface area contributed by atoms with Crippen molar-refractivity contribution in [1.29, 1.82) is 0 Å². The first-order chi connectivity index (χ1) is 13.6. The number of aromatic nitrogens is 2. The maximum absolute atomic E-state index is 5.93. The molecule has 0 unspecified atom stereocenters. The predicted molar refractivity (Wildman–Crippen MR) is 116 cm³/mol. The first-order valence-electron chi connectivity index (χ1n) is 9.34. The SMILES string of the molecule is COc1ccccc1CCNc1nc(C)cc(NCCc2ccc(Cl)cc2)n1. The van der Waals surface area contributed by atoms with Crippen molar-refractivity contribution < 1.29 is 4.74 Å². The number of hydrogen-bond acceptors (Lipinski definition) is 5. The van der Waals surface area contributed by atoms with E-state index in [0.29, 0.717) is 5.95 Å². The van der Waals surface area contributed by atoms with Gasteiger partial charge in [0.1, 0.15) is 11.6 Å². The fourth-order valence-corrected chi connectivity index (χ4v) is 3.07. The standard InChI is InChI=1S/C22H25ClN4O/c1-16-15-21(24-13-11-17-7-9-19(23)10-8-17)27-22(26-16)25-14-12-18-5-3-4-6-20(18)28-2/h3-10,15H,11-14H2,1-2H3,(H2,24,25,26,27). The van der Waals surface area contributed by atoms with E-state index in [1.54, 1.807) is 7.11 Å². The van der Waals surface area contributed by atoms with Gasteiger partial charge in [-0.25, -0.2) is 4.98 Å². The van der Waals surface area contributed by atoms with Crippen LogP contribution in [0.15, 0.2) is 54.6 Å². The zero-order valence-corrected chi connectivity index (χ0v) is 17.0. The fourth-order valence-electron chi connectivity index (χ4n) is 2.94. The molecule has 0 spiro atoms. The van der Waals surface area contributed by atoms with E-state index in [1.807, 2.05) is 55.5 Å². The topological polar surface area (TPSA) is 59.1 Å². The van der Waals surface area contributed by atoms with Gasteiger partial charge in [0.15, 0.2) is 0 Å². The van der Waals surface area contributed by atoms with Gasteiger partial charge in [0.2, 0.25) is 5.95 Å². The first kappa shape index (κ1) is 20.0. The zero-order valence-electron chi connectivity index (χ0n) is 16.2. The zero-order chi connectivity index (χ0) is 19.8. The maximum atomic E-state index is 5.93. The molecular weight excluding hydrogens is 372 g/mol. The minimum atomic E-state index is 0.629. The average molecular weight is 397 g/mol. The molecule has 1 heterocycles. The summed E-state index contributed by atoms with van der Waals surface area (Å²) < 4.78 is 5.40. The van der Waals surface area contributed by atoms with E-state index in [4.69, 9.17) is 16.3 Å². The van der Waals surface area contributed by atoms with Crippen LogP contribution in [-0.4, -0.2) is 30.2 Å². The Morgan fingerprint density at radius 3 is 2.46 bits per heavy atom. The Labute approximate surface area is 171 Å². The third-order valence-electron chi connectivity index (χ3n) is 4.36. The highest BCUT2D eigenvalue weighted by molar-refractivity contribution is 6.30. The van der Waals surface area contributed by atoms with Crippen molar-refractivity contribution >= 4 is 23.4 Å². The Hall–Kier alpha value is -2.79. The molecule has 0 aliphatic heterocycles. The number of para-hydroxylation sites is 1. The van der Waals surface area contributed by atoms with Crippen LogP contribution in [0.1, 0.15) is 16.8 Å². The molecule has 0 saturated carbocycles. The summed E-state index contributed by atoms with van der Waals surface area (Å²) in [5.41, 5.74) is 3.31. The summed E-state index contributed by atoms with van der Waals surface area (Å²) in [6.07, 6.45) is 1.73. The Morgan fingerprint density at radius 1 is 0.929 bits per heavy atom. The highest BCUT2D eigenvalue weighted by atomic mass is 35.5. The van der Waals surface area contributed by atoms with Gasteiger partial charge in [0.05, 0.1) is 7.11 Å². The molecule has 6 heteroatoms. The summed E-state index contributed by atoms with van der Waals surface area (Å²) in [6, 6.07) is 17.9. The summed E-state index contributed by atoms with van der Waals surface area (Å²) in [4.78, 5) is 9.04. The van der Waals surface area contributed by atoms with E-state index in [9.17, 15) is 0 Å². The molecule has 0 fully saturated rings. The van der Waals surface area contributed by atoms with Crippen molar-refractivity contribution in [3.05, 3.63) is 76.4 Å². The van der Waals surface area contributed by atoms with Gasteiger partial charge >= 0.3 is 0 Å². The molecule has 0 saturated heterocycles. The Bertz CT molecular complexity index is 899. The molecule has 5 nitrogen and oxygen atoms in total. The van der Waals surface area contributed by atoms with Crippen LogP contribution < -0.4 is 15.4 Å². The Balaban J connectivity index is 1.53. The third kappa shape index (κ3) is 5.86. The van der Waals surface area contributed by atoms with E-state index in [0.717, 1.165) is 53.8 Å². The van der Waals surface area contributed by atoms with Crippen LogP contribution in [0.5, 0.6) is 5.75 Å². The van der Waals surface area contributed by atoms with Gasteiger partial charge in [-0.15, -0.1) is 0 Å². The van der Waals surface area contributed by atoms with Gasteiger partial charge in [0, 0.05) is 29.9 Å². The number of methoxy groups -OCH3 is 1. The van der Waals surface area contributed by atoms with Crippen molar-refractivity contribution in [2.45, 2.75) is 19.8 Å². The first-order valence-corrected chi connectivity index (χ1v) is 9.71. The minimum absolute atomic E-state index is 0.629. The number of nitrogens with zero attached hydrogens (tertiary/aromatic N) is 2. The maximum Gasteiger partial charge on any atom is 0.224 e. The summed E-state index contributed by atoms with van der Waals surface area (Å²) in [5, 5.41) is 7.44. The largest absolute Gasteiger partial charge is 0.496 e. The van der Waals surface area contributed by atoms with Crippen molar-refractivity contribution in [1.82, 2.24) is 9.97 Å². The van der Waals surface area contributed by atoms with Crippen molar-refractivity contribution in [2.24, 2.45) is 0 Å². The second kappa shape index (κ2) is 9.95. The summed E-state index contributed by atoms with van der Waals surface area (Å²) >= 11 is 5.93. The molecule has 0 bridgehead atoms. The number of hydrogen-bond donors (Lipinski definition) is 2. The molecule has 1 aromatic heterocycles. The number of nitrogens with one attached hydrogen (secondary N) is 2. The Kier molecular flexibility index (Phi) is 7.09. The second-order valence-corrected chi connectivity index (χ2v) is 6.95. The van der Waals surface area contributed by atoms with Gasteiger partial charge < -0.3 is 15.4 Å². The van der Waals surface area contributed by atoms with Crippen LogP contribution in [0.2, 0.25) is 5.02 Å². The molecule has 146 valence electrons. The average Bonchev–Trinajstić information content (AvgIpc) is 2.69. The normalized spacial score (nSPS) is 10.5. The number of halogens is 1. The predicted octanol–water partition coefficient (Wildman–Crippen LogP) is 4.76. The number of ether oxygens (including phenoxy) is 1. The van der Waals surface area contributed by atoms with Crippen molar-refractivity contribution in [3.8, 4) is 5.75 Å². The molecule has 0 atom stereocenters. The smallest absolute Gasteiger partial charge is 0.224 e. The van der Waals surface area contributed by atoms with Gasteiger partial charge in [-0.05, 0) is 49.1 Å². The van der Waals surface area contributed by atoms with Crippen molar-refractivity contribution in [3.63, 3.8) is 0 Å². The lowest BCUT2D eigenvalue weighted by molar-refractivity contribution is 0.410. The van der Waals surface area contributed by atoms with Crippen LogP contribution in [0, 0.1) is 6.92 Å². The fraction of sp³-hybridized carbons (Fsp3) is 0.273. The van der Waals surface area contributed by atoms with Crippen LogP contribution in [0.4, 0.5) is 11.8 Å². The van der Waals surface area contributed by atoms with Crippen LogP contribution in [-0.2, 0) is 12.8 Å². The molecule has 0 radical (unpaired) electrons. The molecule has 2 N–H and O–H groups in total. The molecule has 3 aromatic rings. The molecule has 2 aromatic carbocycles. The van der Waals surface area contributed by atoms with E-state index in [2.05, 4.69) is 26.7 Å². The third-order valence-corrected chi connectivity index (χ3v) is 4.61. The van der Waals surface area contributed by atoms with E-state index in [-0.39, 0.29) is 0 Å². The monoisotopic (exact) mass is 396 g/mol. The molecule has 0 aliphatic rings. The molecule has 3 rings (SSSR count). The van der Waals surface area contributed by atoms with Crippen LogP contribution in [0.3, 0.4) is 0 Å². The number of benzene rings is 2. The Morgan fingerprint density at radius 2 is 1.68 bits per heavy atom. The van der Waals surface area contributed by atoms with Crippen LogP contribution >= 0.6 is 11.6 Å². The summed E-state index contributed by atoms with van der Waals surface area (Å²) in [5.74, 6) is 2.35. The quantitative estimate of drug-likeness (QED) is 0.546.